The molecule has 0 bridgehead atoms. The van der Waals surface area contributed by atoms with Crippen LogP contribution >= 0.6 is 11.6 Å². The van der Waals surface area contributed by atoms with Gasteiger partial charge in [0.25, 0.3) is 0 Å². The standard InChI is InChI=1S/C10H10ClN3O/c1-6-8-5-7(11)3-4-9(8)12-10(15)14(2)13-6/h3-5H,1-2H3,(H,12,15). The minimum Gasteiger partial charge on any atom is -0.306 e. The number of hydrogen-bond donors (Lipinski definition) is 1. The zero-order chi connectivity index (χ0) is 11.0. The van der Waals surface area contributed by atoms with Crippen molar-refractivity contribution in [3.8, 4) is 0 Å². The van der Waals surface area contributed by atoms with Crippen molar-refractivity contribution in [2.75, 3.05) is 12.4 Å². The van der Waals surface area contributed by atoms with Gasteiger partial charge in [0.15, 0.2) is 0 Å². The maximum absolute atomic E-state index is 11.5. The molecule has 0 atom stereocenters. The lowest BCUT2D eigenvalue weighted by Crippen LogP contribution is -2.25. The van der Waals surface area contributed by atoms with Gasteiger partial charge in [-0.15, -0.1) is 0 Å². The number of fused-ring (bicyclic) bond motifs is 1. The molecule has 1 aliphatic heterocycles. The quantitative estimate of drug-likeness (QED) is 0.722. The lowest BCUT2D eigenvalue weighted by atomic mass is 10.1. The third-order valence-corrected chi connectivity index (χ3v) is 2.44. The zero-order valence-electron chi connectivity index (χ0n) is 8.41. The summed E-state index contributed by atoms with van der Waals surface area (Å²) in [6, 6.07) is 5.04. The molecule has 0 saturated carbocycles. The summed E-state index contributed by atoms with van der Waals surface area (Å²) < 4.78 is 0. The molecule has 1 aromatic carbocycles. The van der Waals surface area contributed by atoms with Gasteiger partial charge in [-0.05, 0) is 25.1 Å². The number of benzene rings is 1. The molecular formula is C10H10ClN3O. The van der Waals surface area contributed by atoms with E-state index in [9.17, 15) is 4.79 Å². The molecule has 0 fully saturated rings. The summed E-state index contributed by atoms with van der Waals surface area (Å²) >= 11 is 5.89. The number of nitrogens with one attached hydrogen (secondary N) is 1. The predicted molar refractivity (Wildman–Crippen MR) is 60.4 cm³/mol. The topological polar surface area (TPSA) is 44.7 Å². The first-order valence-electron chi connectivity index (χ1n) is 4.48. The zero-order valence-corrected chi connectivity index (χ0v) is 9.17. The molecule has 15 heavy (non-hydrogen) atoms. The number of rotatable bonds is 0. The first kappa shape index (κ1) is 9.98. The van der Waals surface area contributed by atoms with Crippen molar-refractivity contribution in [1.29, 1.82) is 0 Å². The number of halogens is 1. The fourth-order valence-corrected chi connectivity index (χ4v) is 1.62. The summed E-state index contributed by atoms with van der Waals surface area (Å²) in [5.41, 5.74) is 2.34. The molecule has 0 radical (unpaired) electrons. The van der Waals surface area contributed by atoms with Crippen LogP contribution in [0.3, 0.4) is 0 Å². The van der Waals surface area contributed by atoms with Gasteiger partial charge in [0, 0.05) is 17.6 Å². The van der Waals surface area contributed by atoms with Gasteiger partial charge in [-0.2, -0.15) is 5.10 Å². The maximum Gasteiger partial charge on any atom is 0.342 e. The Morgan fingerprint density at radius 1 is 1.47 bits per heavy atom. The molecule has 0 aliphatic carbocycles. The number of hydrazone groups is 1. The molecule has 1 aliphatic rings. The Labute approximate surface area is 92.5 Å². The van der Waals surface area contributed by atoms with Gasteiger partial charge in [0.2, 0.25) is 0 Å². The largest absolute Gasteiger partial charge is 0.342 e. The molecule has 4 nitrogen and oxygen atoms in total. The highest BCUT2D eigenvalue weighted by atomic mass is 35.5. The van der Waals surface area contributed by atoms with Crippen LogP contribution in [-0.4, -0.2) is 23.8 Å². The number of hydrogen-bond acceptors (Lipinski definition) is 2. The van der Waals surface area contributed by atoms with Crippen LogP contribution < -0.4 is 5.32 Å². The van der Waals surface area contributed by atoms with E-state index >= 15 is 0 Å². The Kier molecular flexibility index (Phi) is 2.36. The van der Waals surface area contributed by atoms with E-state index < -0.39 is 0 Å². The minimum atomic E-state index is -0.254. The molecule has 2 rings (SSSR count). The number of carbonyl (C=O) groups is 1. The van der Waals surface area contributed by atoms with E-state index in [-0.39, 0.29) is 6.03 Å². The summed E-state index contributed by atoms with van der Waals surface area (Å²) in [7, 11) is 1.60. The van der Waals surface area contributed by atoms with Crippen molar-refractivity contribution >= 4 is 29.0 Å². The molecule has 0 unspecified atom stereocenters. The highest BCUT2D eigenvalue weighted by Crippen LogP contribution is 2.23. The van der Waals surface area contributed by atoms with Gasteiger partial charge >= 0.3 is 6.03 Å². The summed E-state index contributed by atoms with van der Waals surface area (Å²) in [5.74, 6) is 0. The van der Waals surface area contributed by atoms with Crippen molar-refractivity contribution in [2.45, 2.75) is 6.92 Å². The Hall–Kier alpha value is -1.55. The Bertz CT molecular complexity index is 456. The molecule has 0 aromatic heterocycles. The molecule has 2 amide bonds. The minimum absolute atomic E-state index is 0.254. The van der Waals surface area contributed by atoms with Crippen LogP contribution in [0.25, 0.3) is 0 Å². The van der Waals surface area contributed by atoms with E-state index in [1.54, 1.807) is 25.2 Å². The highest BCUT2D eigenvalue weighted by molar-refractivity contribution is 6.31. The van der Waals surface area contributed by atoms with E-state index in [1.165, 1.54) is 5.01 Å². The van der Waals surface area contributed by atoms with Crippen LogP contribution in [0.1, 0.15) is 12.5 Å². The summed E-state index contributed by atoms with van der Waals surface area (Å²) in [6.07, 6.45) is 0. The SMILES string of the molecule is CC1=NN(C)C(=O)Nc2ccc(Cl)cc21. The first-order valence-corrected chi connectivity index (χ1v) is 4.85. The molecule has 0 spiro atoms. The molecular weight excluding hydrogens is 214 g/mol. The molecule has 78 valence electrons. The normalized spacial score (nSPS) is 15.3. The van der Waals surface area contributed by atoms with E-state index in [2.05, 4.69) is 10.4 Å². The third-order valence-electron chi connectivity index (χ3n) is 2.21. The second kappa shape index (κ2) is 3.55. The van der Waals surface area contributed by atoms with Crippen molar-refractivity contribution in [2.24, 2.45) is 5.10 Å². The van der Waals surface area contributed by atoms with E-state index in [0.717, 1.165) is 17.0 Å². The van der Waals surface area contributed by atoms with Gasteiger partial charge in [-0.3, -0.25) is 0 Å². The van der Waals surface area contributed by atoms with Crippen LogP contribution in [-0.2, 0) is 0 Å². The summed E-state index contributed by atoms with van der Waals surface area (Å²) in [5, 5.41) is 8.76. The first-order chi connectivity index (χ1) is 7.08. The maximum atomic E-state index is 11.5. The molecule has 1 heterocycles. The fourth-order valence-electron chi connectivity index (χ4n) is 1.45. The molecule has 1 aromatic rings. The van der Waals surface area contributed by atoms with Gasteiger partial charge in [-0.1, -0.05) is 11.6 Å². The molecule has 0 saturated heterocycles. The Balaban J connectivity index is 2.58. The second-order valence-corrected chi connectivity index (χ2v) is 3.77. The van der Waals surface area contributed by atoms with Gasteiger partial charge in [-0.25, -0.2) is 9.80 Å². The molecule has 1 N–H and O–H groups in total. The number of anilines is 1. The predicted octanol–water partition coefficient (Wildman–Crippen LogP) is 2.54. The number of urea groups is 1. The number of nitrogens with zero attached hydrogens (tertiary/aromatic N) is 2. The average molecular weight is 224 g/mol. The Morgan fingerprint density at radius 2 is 2.20 bits per heavy atom. The second-order valence-electron chi connectivity index (χ2n) is 3.33. The van der Waals surface area contributed by atoms with E-state index in [0.29, 0.717) is 5.02 Å². The summed E-state index contributed by atoms with van der Waals surface area (Å²) in [6.45, 7) is 1.84. The van der Waals surface area contributed by atoms with Crippen LogP contribution in [0.2, 0.25) is 5.02 Å². The van der Waals surface area contributed by atoms with Gasteiger partial charge < -0.3 is 5.32 Å². The highest BCUT2D eigenvalue weighted by Gasteiger charge is 2.17. The van der Waals surface area contributed by atoms with Crippen molar-refractivity contribution in [3.63, 3.8) is 0 Å². The van der Waals surface area contributed by atoms with Crippen molar-refractivity contribution in [1.82, 2.24) is 5.01 Å². The average Bonchev–Trinajstić information content (AvgIpc) is 2.28. The van der Waals surface area contributed by atoms with Crippen LogP contribution in [0.15, 0.2) is 23.3 Å². The Morgan fingerprint density at radius 3 is 2.93 bits per heavy atom. The van der Waals surface area contributed by atoms with Crippen molar-refractivity contribution in [3.05, 3.63) is 28.8 Å². The number of amides is 2. The number of carbonyl (C=O) groups excluding carboxylic acids is 1. The fraction of sp³-hybridized carbons (Fsp3) is 0.200. The van der Waals surface area contributed by atoms with Crippen LogP contribution in [0, 0.1) is 0 Å². The van der Waals surface area contributed by atoms with Crippen LogP contribution in [0.5, 0.6) is 0 Å². The monoisotopic (exact) mass is 223 g/mol. The molecule has 5 heteroatoms. The van der Waals surface area contributed by atoms with Gasteiger partial charge in [0.1, 0.15) is 0 Å². The smallest absolute Gasteiger partial charge is 0.306 e. The lowest BCUT2D eigenvalue weighted by Gasteiger charge is -2.08. The summed E-state index contributed by atoms with van der Waals surface area (Å²) in [4.78, 5) is 11.5. The lowest BCUT2D eigenvalue weighted by molar-refractivity contribution is 0.224. The third kappa shape index (κ3) is 1.80. The van der Waals surface area contributed by atoms with E-state index in [1.807, 2.05) is 6.92 Å². The van der Waals surface area contributed by atoms with E-state index in [4.69, 9.17) is 11.6 Å². The van der Waals surface area contributed by atoms with Crippen LogP contribution in [0.4, 0.5) is 10.5 Å². The van der Waals surface area contributed by atoms with Gasteiger partial charge in [0.05, 0.1) is 11.4 Å². The van der Waals surface area contributed by atoms with Crippen molar-refractivity contribution < 1.29 is 4.79 Å².